The molecular weight excluding hydrogens is 296 g/mol. The minimum absolute atomic E-state index is 0.0697. The molecule has 0 aliphatic carbocycles. The summed E-state index contributed by atoms with van der Waals surface area (Å²) >= 11 is 3.37. The Labute approximate surface area is 113 Å². The number of amides is 1. The molecule has 5 nitrogen and oxygen atoms in total. The Morgan fingerprint density at radius 1 is 1.50 bits per heavy atom. The number of nitrogens with one attached hydrogen (secondary N) is 1. The summed E-state index contributed by atoms with van der Waals surface area (Å²) in [5.74, 6) is 0.501. The summed E-state index contributed by atoms with van der Waals surface area (Å²) in [6.07, 6.45) is 3.89. The number of halogens is 1. The van der Waals surface area contributed by atoms with Crippen molar-refractivity contribution in [3.05, 3.63) is 40.8 Å². The van der Waals surface area contributed by atoms with E-state index in [2.05, 4.69) is 31.3 Å². The van der Waals surface area contributed by atoms with Crippen molar-refractivity contribution < 1.29 is 4.79 Å². The highest BCUT2D eigenvalue weighted by molar-refractivity contribution is 9.10. The lowest BCUT2D eigenvalue weighted by Crippen LogP contribution is -2.15. The molecule has 2 heterocycles. The number of pyridine rings is 1. The molecule has 94 valence electrons. The van der Waals surface area contributed by atoms with Crippen molar-refractivity contribution in [3.63, 3.8) is 0 Å². The van der Waals surface area contributed by atoms with Crippen LogP contribution in [-0.4, -0.2) is 20.7 Å². The van der Waals surface area contributed by atoms with Gasteiger partial charge in [0.25, 0.3) is 0 Å². The van der Waals surface area contributed by atoms with Gasteiger partial charge in [-0.25, -0.2) is 4.98 Å². The number of aromatic nitrogens is 3. The smallest absolute Gasteiger partial charge is 0.227 e. The zero-order chi connectivity index (χ0) is 13.0. The predicted molar refractivity (Wildman–Crippen MR) is 72.1 cm³/mol. The van der Waals surface area contributed by atoms with E-state index in [1.165, 1.54) is 0 Å². The highest BCUT2D eigenvalue weighted by atomic mass is 79.9. The van der Waals surface area contributed by atoms with Gasteiger partial charge in [-0.3, -0.25) is 9.48 Å². The Bertz CT molecular complexity index is 539. The standard InChI is InChI=1S/C12H13BrN4O/c1-9-10(13)3-4-11(15-9)16-12(18)5-8-17-7-2-6-14-17/h2-4,6-7H,5,8H2,1H3,(H,15,16,18). The summed E-state index contributed by atoms with van der Waals surface area (Å²) in [5, 5.41) is 6.80. The van der Waals surface area contributed by atoms with Crippen LogP contribution in [0.2, 0.25) is 0 Å². The fourth-order valence-corrected chi connectivity index (χ4v) is 1.69. The van der Waals surface area contributed by atoms with Crippen LogP contribution in [0, 0.1) is 6.92 Å². The van der Waals surface area contributed by atoms with Gasteiger partial charge in [0.1, 0.15) is 5.82 Å². The summed E-state index contributed by atoms with van der Waals surface area (Å²) in [7, 11) is 0. The van der Waals surface area contributed by atoms with Crippen LogP contribution >= 0.6 is 15.9 Å². The van der Waals surface area contributed by atoms with Crippen molar-refractivity contribution in [1.82, 2.24) is 14.8 Å². The molecular formula is C12H13BrN4O. The summed E-state index contributed by atoms with van der Waals surface area (Å²) in [5.41, 5.74) is 0.847. The first kappa shape index (κ1) is 12.8. The fraction of sp³-hybridized carbons (Fsp3) is 0.250. The number of anilines is 1. The third kappa shape index (κ3) is 3.40. The van der Waals surface area contributed by atoms with Crippen LogP contribution < -0.4 is 5.32 Å². The second kappa shape index (κ2) is 5.77. The molecule has 2 aromatic rings. The Kier molecular flexibility index (Phi) is 4.09. The Balaban J connectivity index is 1.88. The molecule has 0 fully saturated rings. The summed E-state index contributed by atoms with van der Waals surface area (Å²) in [6.45, 7) is 2.44. The van der Waals surface area contributed by atoms with Crippen LogP contribution in [0.3, 0.4) is 0 Å². The highest BCUT2D eigenvalue weighted by Gasteiger charge is 2.05. The third-order valence-corrected chi connectivity index (χ3v) is 3.25. The van der Waals surface area contributed by atoms with Crippen LogP contribution in [0.5, 0.6) is 0 Å². The maximum absolute atomic E-state index is 11.7. The lowest BCUT2D eigenvalue weighted by Gasteiger charge is -2.06. The number of hydrogen-bond donors (Lipinski definition) is 1. The number of aryl methyl sites for hydroxylation is 2. The minimum Gasteiger partial charge on any atom is -0.311 e. The van der Waals surface area contributed by atoms with Gasteiger partial charge in [-0.15, -0.1) is 0 Å². The van der Waals surface area contributed by atoms with Gasteiger partial charge in [-0.1, -0.05) is 0 Å². The summed E-state index contributed by atoms with van der Waals surface area (Å²) in [4.78, 5) is 16.0. The quantitative estimate of drug-likeness (QED) is 0.943. The second-order valence-electron chi connectivity index (χ2n) is 3.83. The van der Waals surface area contributed by atoms with E-state index in [1.54, 1.807) is 16.9 Å². The van der Waals surface area contributed by atoms with Crippen LogP contribution in [0.1, 0.15) is 12.1 Å². The monoisotopic (exact) mass is 308 g/mol. The molecule has 0 unspecified atom stereocenters. The summed E-state index contributed by atoms with van der Waals surface area (Å²) in [6, 6.07) is 5.46. The van der Waals surface area contributed by atoms with Gasteiger partial charge in [-0.2, -0.15) is 5.10 Å². The zero-order valence-electron chi connectivity index (χ0n) is 9.93. The summed E-state index contributed by atoms with van der Waals surface area (Å²) < 4.78 is 2.65. The fourth-order valence-electron chi connectivity index (χ4n) is 1.47. The van der Waals surface area contributed by atoms with Gasteiger partial charge in [0, 0.05) is 29.8 Å². The lowest BCUT2D eigenvalue weighted by atomic mass is 10.3. The van der Waals surface area contributed by atoms with E-state index in [-0.39, 0.29) is 5.91 Å². The van der Waals surface area contributed by atoms with E-state index >= 15 is 0 Å². The van der Waals surface area contributed by atoms with Crippen LogP contribution in [0.25, 0.3) is 0 Å². The molecule has 1 N–H and O–H groups in total. The van der Waals surface area contributed by atoms with E-state index in [1.807, 2.05) is 25.3 Å². The Morgan fingerprint density at radius 2 is 2.33 bits per heavy atom. The molecule has 0 aliphatic rings. The van der Waals surface area contributed by atoms with E-state index in [4.69, 9.17) is 0 Å². The molecule has 2 rings (SSSR count). The SMILES string of the molecule is Cc1nc(NC(=O)CCn2cccn2)ccc1Br. The average Bonchev–Trinajstić information content (AvgIpc) is 2.84. The van der Waals surface area contributed by atoms with Gasteiger partial charge < -0.3 is 5.32 Å². The largest absolute Gasteiger partial charge is 0.311 e. The molecule has 0 spiro atoms. The number of carbonyl (C=O) groups excluding carboxylic acids is 1. The molecule has 0 aliphatic heterocycles. The molecule has 18 heavy (non-hydrogen) atoms. The van der Waals surface area contributed by atoms with E-state index < -0.39 is 0 Å². The first-order chi connectivity index (χ1) is 8.65. The Morgan fingerprint density at radius 3 is 3.00 bits per heavy atom. The molecule has 0 aromatic carbocycles. The van der Waals surface area contributed by atoms with Crippen LogP contribution in [0.4, 0.5) is 5.82 Å². The van der Waals surface area contributed by atoms with Crippen molar-refractivity contribution in [2.75, 3.05) is 5.32 Å². The van der Waals surface area contributed by atoms with Gasteiger partial charge in [0.05, 0.1) is 5.69 Å². The van der Waals surface area contributed by atoms with Gasteiger partial charge in [0.15, 0.2) is 0 Å². The molecule has 2 aromatic heterocycles. The lowest BCUT2D eigenvalue weighted by molar-refractivity contribution is -0.116. The molecule has 6 heteroatoms. The van der Waals surface area contributed by atoms with E-state index in [0.717, 1.165) is 10.2 Å². The molecule has 0 radical (unpaired) electrons. The molecule has 1 amide bonds. The van der Waals surface area contributed by atoms with Gasteiger partial charge in [0.2, 0.25) is 5.91 Å². The number of rotatable bonds is 4. The first-order valence-electron chi connectivity index (χ1n) is 5.55. The van der Waals surface area contributed by atoms with Crippen LogP contribution in [-0.2, 0) is 11.3 Å². The molecule has 0 saturated carbocycles. The van der Waals surface area contributed by atoms with E-state index in [9.17, 15) is 4.79 Å². The van der Waals surface area contributed by atoms with Gasteiger partial charge >= 0.3 is 0 Å². The number of hydrogen-bond acceptors (Lipinski definition) is 3. The minimum atomic E-state index is -0.0697. The van der Waals surface area contributed by atoms with Crippen molar-refractivity contribution in [3.8, 4) is 0 Å². The average molecular weight is 309 g/mol. The maximum Gasteiger partial charge on any atom is 0.227 e. The molecule has 0 atom stereocenters. The van der Waals surface area contributed by atoms with Crippen molar-refractivity contribution in [1.29, 1.82) is 0 Å². The predicted octanol–water partition coefficient (Wildman–Crippen LogP) is 2.38. The second-order valence-corrected chi connectivity index (χ2v) is 4.69. The van der Waals surface area contributed by atoms with Crippen molar-refractivity contribution in [2.45, 2.75) is 19.9 Å². The van der Waals surface area contributed by atoms with Crippen LogP contribution in [0.15, 0.2) is 35.1 Å². The number of carbonyl (C=O) groups is 1. The van der Waals surface area contributed by atoms with Gasteiger partial charge in [-0.05, 0) is 41.1 Å². The number of nitrogens with zero attached hydrogens (tertiary/aromatic N) is 3. The van der Waals surface area contributed by atoms with E-state index in [0.29, 0.717) is 18.8 Å². The van der Waals surface area contributed by atoms with Crippen molar-refractivity contribution in [2.24, 2.45) is 0 Å². The van der Waals surface area contributed by atoms with Crippen molar-refractivity contribution >= 4 is 27.7 Å². The maximum atomic E-state index is 11.7. The highest BCUT2D eigenvalue weighted by Crippen LogP contribution is 2.16. The topological polar surface area (TPSA) is 59.8 Å². The first-order valence-corrected chi connectivity index (χ1v) is 6.35. The molecule has 0 saturated heterocycles. The normalized spacial score (nSPS) is 10.3. The zero-order valence-corrected chi connectivity index (χ0v) is 11.5. The molecule has 0 bridgehead atoms. The third-order valence-electron chi connectivity index (χ3n) is 2.42. The Hall–Kier alpha value is -1.69.